The van der Waals surface area contributed by atoms with E-state index in [1.54, 1.807) is 11.3 Å². The Labute approximate surface area is 151 Å². The Hall–Kier alpha value is -2.60. The number of alkyl carbamates (subject to hydrolysis) is 1. The van der Waals surface area contributed by atoms with Crippen molar-refractivity contribution < 1.29 is 9.53 Å². The monoisotopic (exact) mass is 355 g/mol. The highest BCUT2D eigenvalue weighted by molar-refractivity contribution is 7.18. The second kappa shape index (κ2) is 7.98. The van der Waals surface area contributed by atoms with Crippen molar-refractivity contribution in [2.24, 2.45) is 0 Å². The zero-order valence-corrected chi connectivity index (χ0v) is 15.1. The summed E-state index contributed by atoms with van der Waals surface area (Å²) < 4.78 is 6.24. The first-order valence-electron chi connectivity index (χ1n) is 8.22. The Bertz CT molecular complexity index is 810. The van der Waals surface area contributed by atoms with Gasteiger partial charge in [0.25, 0.3) is 0 Å². The zero-order valence-electron chi connectivity index (χ0n) is 14.3. The molecular formula is C19H21N3O2S. The molecule has 130 valence electrons. The second-order valence-electron chi connectivity index (χ2n) is 5.93. The number of nitrogens with zero attached hydrogens (tertiary/aromatic N) is 1. The fourth-order valence-corrected chi connectivity index (χ4v) is 3.25. The van der Waals surface area contributed by atoms with Gasteiger partial charge in [0.05, 0.1) is 22.9 Å². The van der Waals surface area contributed by atoms with Gasteiger partial charge in [-0.15, -0.1) is 11.3 Å². The number of benzene rings is 2. The number of aromatic nitrogens is 1. The van der Waals surface area contributed by atoms with Crippen LogP contribution in [0, 0.1) is 0 Å². The highest BCUT2D eigenvalue weighted by atomic mass is 32.1. The van der Waals surface area contributed by atoms with Gasteiger partial charge in [-0.25, -0.2) is 9.78 Å². The molecule has 5 nitrogen and oxygen atoms in total. The van der Waals surface area contributed by atoms with Crippen LogP contribution in [-0.2, 0) is 17.8 Å². The number of hydrogen-bond acceptors (Lipinski definition) is 5. The normalized spacial score (nSPS) is 10.8. The Morgan fingerprint density at radius 2 is 1.88 bits per heavy atom. The molecule has 0 unspecified atom stereocenters. The van der Waals surface area contributed by atoms with E-state index in [0.29, 0.717) is 13.1 Å². The Balaban J connectivity index is 1.51. The molecule has 0 aliphatic carbocycles. The molecule has 0 aliphatic heterocycles. The number of carbonyl (C=O) groups excluding carboxylic acids is 1. The number of nitrogens with one attached hydrogen (secondary N) is 2. The fraction of sp³-hybridized carbons (Fsp3) is 0.263. The van der Waals surface area contributed by atoms with E-state index in [1.165, 1.54) is 4.70 Å². The van der Waals surface area contributed by atoms with Gasteiger partial charge in [0.1, 0.15) is 5.01 Å². The van der Waals surface area contributed by atoms with Crippen LogP contribution < -0.4 is 10.6 Å². The minimum absolute atomic E-state index is 0.117. The summed E-state index contributed by atoms with van der Waals surface area (Å²) in [6.07, 6.45) is -0.512. The van der Waals surface area contributed by atoms with Crippen molar-refractivity contribution in [3.63, 3.8) is 0 Å². The summed E-state index contributed by atoms with van der Waals surface area (Å²) in [5.74, 6) is 0. The highest BCUT2D eigenvalue weighted by Gasteiger charge is 2.05. The maximum atomic E-state index is 11.5. The predicted molar refractivity (Wildman–Crippen MR) is 102 cm³/mol. The second-order valence-corrected chi connectivity index (χ2v) is 7.05. The average Bonchev–Trinajstić information content (AvgIpc) is 3.01. The number of anilines is 1. The standard InChI is InChI=1S/C19H21N3O2S/c1-13(2)24-19(23)21-11-14-7-9-15(10-8-14)20-12-18-22-16-5-3-4-6-17(16)25-18/h3-10,13,20H,11-12H2,1-2H3,(H,21,23). The molecule has 0 saturated heterocycles. The molecule has 6 heteroatoms. The number of amides is 1. The van der Waals surface area contributed by atoms with Gasteiger partial charge in [-0.05, 0) is 43.7 Å². The number of rotatable bonds is 6. The van der Waals surface area contributed by atoms with Gasteiger partial charge in [0.15, 0.2) is 0 Å². The Morgan fingerprint density at radius 1 is 1.12 bits per heavy atom. The van der Waals surface area contributed by atoms with Crippen LogP contribution in [0.15, 0.2) is 48.5 Å². The third-order valence-corrected chi connectivity index (χ3v) is 4.55. The molecule has 0 radical (unpaired) electrons. The van der Waals surface area contributed by atoms with Crippen molar-refractivity contribution in [1.82, 2.24) is 10.3 Å². The average molecular weight is 355 g/mol. The predicted octanol–water partition coefficient (Wildman–Crippen LogP) is 4.54. The molecule has 3 rings (SSSR count). The molecule has 0 saturated carbocycles. The number of carbonyl (C=O) groups is 1. The first-order chi connectivity index (χ1) is 12.1. The van der Waals surface area contributed by atoms with Crippen LogP contribution in [0.4, 0.5) is 10.5 Å². The number of hydrogen-bond donors (Lipinski definition) is 2. The smallest absolute Gasteiger partial charge is 0.407 e. The quantitative estimate of drug-likeness (QED) is 0.681. The molecule has 2 N–H and O–H groups in total. The molecule has 2 aromatic carbocycles. The van der Waals surface area contributed by atoms with Crippen molar-refractivity contribution >= 4 is 33.3 Å². The van der Waals surface area contributed by atoms with E-state index in [4.69, 9.17) is 4.74 Å². The van der Waals surface area contributed by atoms with Gasteiger partial charge < -0.3 is 15.4 Å². The number of para-hydroxylation sites is 1. The third kappa shape index (κ3) is 4.93. The lowest BCUT2D eigenvalue weighted by atomic mass is 10.2. The van der Waals surface area contributed by atoms with Crippen molar-refractivity contribution in [2.45, 2.75) is 33.0 Å². The summed E-state index contributed by atoms with van der Waals surface area (Å²) >= 11 is 1.70. The van der Waals surface area contributed by atoms with E-state index in [1.807, 2.05) is 56.3 Å². The van der Waals surface area contributed by atoms with Crippen molar-refractivity contribution in [2.75, 3.05) is 5.32 Å². The fourth-order valence-electron chi connectivity index (χ4n) is 2.34. The summed E-state index contributed by atoms with van der Waals surface area (Å²) in [6, 6.07) is 16.1. The van der Waals surface area contributed by atoms with Gasteiger partial charge in [-0.2, -0.15) is 0 Å². The zero-order chi connectivity index (χ0) is 17.6. The summed E-state index contributed by atoms with van der Waals surface area (Å²) in [7, 11) is 0. The van der Waals surface area contributed by atoms with Crippen molar-refractivity contribution in [1.29, 1.82) is 0 Å². The molecule has 3 aromatic rings. The summed E-state index contributed by atoms with van der Waals surface area (Å²) in [6.45, 7) is 4.79. The lowest BCUT2D eigenvalue weighted by Crippen LogP contribution is -2.26. The topological polar surface area (TPSA) is 63.2 Å². The first kappa shape index (κ1) is 17.2. The largest absolute Gasteiger partial charge is 0.447 e. The van der Waals surface area contributed by atoms with Crippen LogP contribution in [0.2, 0.25) is 0 Å². The van der Waals surface area contributed by atoms with Crippen LogP contribution in [0.1, 0.15) is 24.4 Å². The van der Waals surface area contributed by atoms with E-state index in [-0.39, 0.29) is 6.10 Å². The van der Waals surface area contributed by atoms with Crippen LogP contribution in [0.3, 0.4) is 0 Å². The van der Waals surface area contributed by atoms with Crippen LogP contribution >= 0.6 is 11.3 Å². The van der Waals surface area contributed by atoms with Crippen LogP contribution in [-0.4, -0.2) is 17.2 Å². The summed E-state index contributed by atoms with van der Waals surface area (Å²) in [4.78, 5) is 16.1. The SMILES string of the molecule is CC(C)OC(=O)NCc1ccc(NCc2nc3ccccc3s2)cc1. The molecule has 25 heavy (non-hydrogen) atoms. The van der Waals surface area contributed by atoms with Gasteiger partial charge in [-0.1, -0.05) is 24.3 Å². The van der Waals surface area contributed by atoms with E-state index < -0.39 is 6.09 Å². The minimum Gasteiger partial charge on any atom is -0.447 e. The third-order valence-electron chi connectivity index (χ3n) is 3.52. The Morgan fingerprint density at radius 3 is 2.60 bits per heavy atom. The molecule has 0 bridgehead atoms. The molecule has 1 aromatic heterocycles. The van der Waals surface area contributed by atoms with Gasteiger partial charge >= 0.3 is 6.09 Å². The van der Waals surface area contributed by atoms with E-state index >= 15 is 0 Å². The van der Waals surface area contributed by atoms with E-state index in [0.717, 1.165) is 21.8 Å². The van der Waals surface area contributed by atoms with Crippen LogP contribution in [0.25, 0.3) is 10.2 Å². The van der Waals surface area contributed by atoms with Crippen molar-refractivity contribution in [3.8, 4) is 0 Å². The number of fused-ring (bicyclic) bond motifs is 1. The lowest BCUT2D eigenvalue weighted by molar-refractivity contribution is 0.115. The van der Waals surface area contributed by atoms with Gasteiger partial charge in [0, 0.05) is 12.2 Å². The molecular weight excluding hydrogens is 334 g/mol. The van der Waals surface area contributed by atoms with Crippen LogP contribution in [0.5, 0.6) is 0 Å². The molecule has 1 amide bonds. The molecule has 0 aliphatic rings. The number of ether oxygens (including phenoxy) is 1. The molecule has 0 spiro atoms. The summed E-state index contributed by atoms with van der Waals surface area (Å²) in [5, 5.41) is 7.17. The molecule has 0 fully saturated rings. The lowest BCUT2D eigenvalue weighted by Gasteiger charge is -2.10. The minimum atomic E-state index is -0.395. The number of thiazole rings is 1. The summed E-state index contributed by atoms with van der Waals surface area (Å²) in [5.41, 5.74) is 3.08. The van der Waals surface area contributed by atoms with E-state index in [9.17, 15) is 4.79 Å². The maximum absolute atomic E-state index is 11.5. The van der Waals surface area contributed by atoms with Gasteiger partial charge in [-0.3, -0.25) is 0 Å². The van der Waals surface area contributed by atoms with E-state index in [2.05, 4.69) is 21.7 Å². The highest BCUT2D eigenvalue weighted by Crippen LogP contribution is 2.22. The van der Waals surface area contributed by atoms with Crippen molar-refractivity contribution in [3.05, 3.63) is 59.1 Å². The molecule has 0 atom stereocenters. The molecule has 1 heterocycles. The van der Waals surface area contributed by atoms with Gasteiger partial charge in [0.2, 0.25) is 0 Å². The Kier molecular flexibility index (Phi) is 5.50. The maximum Gasteiger partial charge on any atom is 0.407 e. The first-order valence-corrected chi connectivity index (χ1v) is 9.03.